The molecule has 0 aliphatic heterocycles. The maximum absolute atomic E-state index is 12.5. The summed E-state index contributed by atoms with van der Waals surface area (Å²) in [7, 11) is 0. The standard InChI is InChI=1S/C30H50F2/c1-22-2-4-23(5-3-22)18-24-6-8-25(9-7-24)19-26-10-12-27(13-11-26)20-28-14-16-29(17-15-28)21-30(31)32/h21-29H,2-20H2,1H3. The second-order valence-corrected chi connectivity index (χ2v) is 12.8. The fourth-order valence-electron chi connectivity index (χ4n) is 8.15. The van der Waals surface area contributed by atoms with Crippen molar-refractivity contribution in [2.45, 2.75) is 129 Å². The highest BCUT2D eigenvalue weighted by Gasteiger charge is 2.30. The second kappa shape index (κ2) is 12.3. The van der Waals surface area contributed by atoms with Crippen molar-refractivity contribution in [2.24, 2.45) is 47.3 Å². The van der Waals surface area contributed by atoms with Gasteiger partial charge in [-0.1, -0.05) is 84.0 Å². The largest absolute Gasteiger partial charge is 0.266 e. The lowest BCUT2D eigenvalue weighted by Gasteiger charge is -2.37. The van der Waals surface area contributed by atoms with E-state index >= 15 is 0 Å². The van der Waals surface area contributed by atoms with Crippen LogP contribution in [-0.4, -0.2) is 0 Å². The second-order valence-electron chi connectivity index (χ2n) is 12.8. The van der Waals surface area contributed by atoms with Gasteiger partial charge < -0.3 is 0 Å². The number of allylic oxidation sites excluding steroid dienone is 1. The van der Waals surface area contributed by atoms with Gasteiger partial charge in [0, 0.05) is 0 Å². The Morgan fingerprint density at radius 2 is 0.781 bits per heavy atom. The maximum Gasteiger partial charge on any atom is 0.266 e. The van der Waals surface area contributed by atoms with Crippen molar-refractivity contribution >= 4 is 0 Å². The van der Waals surface area contributed by atoms with Gasteiger partial charge in [-0.15, -0.1) is 0 Å². The summed E-state index contributed by atoms with van der Waals surface area (Å²) in [6.07, 6.45) is 26.4. The summed E-state index contributed by atoms with van der Waals surface area (Å²) in [5.41, 5.74) is 0. The molecule has 0 amide bonds. The first-order valence-corrected chi connectivity index (χ1v) is 14.6. The molecule has 0 aromatic carbocycles. The van der Waals surface area contributed by atoms with Gasteiger partial charge in [-0.25, -0.2) is 0 Å². The number of rotatable bonds is 7. The molecule has 0 N–H and O–H groups in total. The van der Waals surface area contributed by atoms with Crippen molar-refractivity contribution in [2.75, 3.05) is 0 Å². The highest BCUT2D eigenvalue weighted by Crippen LogP contribution is 2.43. The molecule has 184 valence electrons. The average molecular weight is 449 g/mol. The summed E-state index contributed by atoms with van der Waals surface area (Å²) in [4.78, 5) is 0. The molecule has 0 atom stereocenters. The summed E-state index contributed by atoms with van der Waals surface area (Å²) in [6.45, 7) is 2.44. The van der Waals surface area contributed by atoms with E-state index in [2.05, 4.69) is 6.92 Å². The zero-order chi connectivity index (χ0) is 22.3. The molecule has 0 bridgehead atoms. The van der Waals surface area contributed by atoms with E-state index in [4.69, 9.17) is 0 Å². The smallest absolute Gasteiger partial charge is 0.174 e. The highest BCUT2D eigenvalue weighted by molar-refractivity contribution is 4.91. The van der Waals surface area contributed by atoms with Crippen molar-refractivity contribution in [3.63, 3.8) is 0 Å². The highest BCUT2D eigenvalue weighted by atomic mass is 19.3. The molecule has 0 aromatic heterocycles. The Kier molecular flexibility index (Phi) is 9.54. The zero-order valence-electron chi connectivity index (χ0n) is 20.9. The Balaban J connectivity index is 1.07. The van der Waals surface area contributed by atoms with Crippen molar-refractivity contribution < 1.29 is 8.78 Å². The number of hydrogen-bond donors (Lipinski definition) is 0. The van der Waals surface area contributed by atoms with E-state index in [1.54, 1.807) is 6.42 Å². The fraction of sp³-hybridized carbons (Fsp3) is 0.933. The van der Waals surface area contributed by atoms with Crippen LogP contribution in [0.1, 0.15) is 129 Å². The van der Waals surface area contributed by atoms with Gasteiger partial charge in [-0.2, -0.15) is 8.78 Å². The Bertz CT molecular complexity index is 547. The first kappa shape index (κ1) is 24.7. The van der Waals surface area contributed by atoms with Crippen molar-refractivity contribution in [1.29, 1.82) is 0 Å². The SMILES string of the molecule is CC1CCC(CC2CCC(CC3CCC(CC4CCC(C=C(F)F)CC4)CC3)CC2)CC1. The van der Waals surface area contributed by atoms with Crippen molar-refractivity contribution in [3.05, 3.63) is 12.2 Å². The summed E-state index contributed by atoms with van der Waals surface area (Å²) >= 11 is 0. The molecule has 0 saturated heterocycles. The van der Waals surface area contributed by atoms with E-state index in [0.717, 1.165) is 54.3 Å². The fourth-order valence-corrected chi connectivity index (χ4v) is 8.15. The predicted molar refractivity (Wildman–Crippen MR) is 132 cm³/mol. The Morgan fingerprint density at radius 1 is 0.500 bits per heavy atom. The number of hydrogen-bond acceptors (Lipinski definition) is 0. The Labute approximate surface area is 197 Å². The van der Waals surface area contributed by atoms with E-state index in [0.29, 0.717) is 0 Å². The zero-order valence-corrected chi connectivity index (χ0v) is 20.9. The van der Waals surface area contributed by atoms with Crippen LogP contribution in [-0.2, 0) is 0 Å². The molecular weight excluding hydrogens is 398 g/mol. The molecule has 32 heavy (non-hydrogen) atoms. The molecule has 2 heteroatoms. The minimum atomic E-state index is -1.47. The predicted octanol–water partition coefficient (Wildman–Crippen LogP) is 10.2. The molecular formula is C30H50F2. The normalized spacial score (nSPS) is 41.2. The van der Waals surface area contributed by atoms with E-state index in [1.165, 1.54) is 109 Å². The summed E-state index contributed by atoms with van der Waals surface area (Å²) in [5.74, 6) is 7.00. The molecule has 0 aromatic rings. The van der Waals surface area contributed by atoms with Crippen LogP contribution in [0.5, 0.6) is 0 Å². The van der Waals surface area contributed by atoms with Crippen LogP contribution in [0.25, 0.3) is 0 Å². The molecule has 4 saturated carbocycles. The third kappa shape index (κ3) is 7.83. The lowest BCUT2D eigenvalue weighted by molar-refractivity contribution is 0.155. The first-order valence-electron chi connectivity index (χ1n) is 14.6. The quantitative estimate of drug-likeness (QED) is 0.363. The van der Waals surface area contributed by atoms with Gasteiger partial charge in [-0.05, 0) is 98.4 Å². The molecule has 0 nitrogen and oxygen atoms in total. The van der Waals surface area contributed by atoms with Gasteiger partial charge in [0.15, 0.2) is 0 Å². The monoisotopic (exact) mass is 448 g/mol. The number of halogens is 2. The maximum atomic E-state index is 12.5. The molecule has 4 aliphatic carbocycles. The van der Waals surface area contributed by atoms with Crippen molar-refractivity contribution in [3.8, 4) is 0 Å². The molecule has 0 radical (unpaired) electrons. The molecule has 0 spiro atoms. The topological polar surface area (TPSA) is 0 Å². The summed E-state index contributed by atoms with van der Waals surface area (Å²) in [5, 5.41) is 0. The molecule has 0 unspecified atom stereocenters. The van der Waals surface area contributed by atoms with Crippen LogP contribution in [0.15, 0.2) is 12.2 Å². The minimum absolute atomic E-state index is 0.147. The lowest BCUT2D eigenvalue weighted by atomic mass is 9.69. The van der Waals surface area contributed by atoms with Crippen LogP contribution >= 0.6 is 0 Å². The van der Waals surface area contributed by atoms with Crippen LogP contribution < -0.4 is 0 Å². The van der Waals surface area contributed by atoms with Gasteiger partial charge in [0.25, 0.3) is 6.08 Å². The van der Waals surface area contributed by atoms with Gasteiger partial charge in [0.05, 0.1) is 0 Å². The third-order valence-corrected chi connectivity index (χ3v) is 10.3. The van der Waals surface area contributed by atoms with Crippen LogP contribution in [0, 0.1) is 47.3 Å². The Morgan fingerprint density at radius 3 is 1.09 bits per heavy atom. The Hall–Kier alpha value is -0.400. The molecule has 4 rings (SSSR count). The van der Waals surface area contributed by atoms with E-state index in [-0.39, 0.29) is 5.92 Å². The van der Waals surface area contributed by atoms with Crippen LogP contribution in [0.2, 0.25) is 0 Å². The van der Waals surface area contributed by atoms with E-state index < -0.39 is 6.08 Å². The van der Waals surface area contributed by atoms with E-state index in [1.807, 2.05) is 0 Å². The van der Waals surface area contributed by atoms with Gasteiger partial charge in [0.1, 0.15) is 0 Å². The van der Waals surface area contributed by atoms with Crippen LogP contribution in [0.4, 0.5) is 8.78 Å². The third-order valence-electron chi connectivity index (χ3n) is 10.3. The van der Waals surface area contributed by atoms with Gasteiger partial charge in [0.2, 0.25) is 0 Å². The van der Waals surface area contributed by atoms with Gasteiger partial charge >= 0.3 is 0 Å². The summed E-state index contributed by atoms with van der Waals surface area (Å²) < 4.78 is 25.0. The summed E-state index contributed by atoms with van der Waals surface area (Å²) in [6, 6.07) is 0. The van der Waals surface area contributed by atoms with E-state index in [9.17, 15) is 8.78 Å². The molecule has 4 fully saturated rings. The molecule has 4 aliphatic rings. The van der Waals surface area contributed by atoms with Crippen LogP contribution in [0.3, 0.4) is 0 Å². The van der Waals surface area contributed by atoms with Gasteiger partial charge in [-0.3, -0.25) is 0 Å². The molecule has 0 heterocycles. The lowest BCUT2D eigenvalue weighted by Crippen LogP contribution is -2.24. The average Bonchev–Trinajstić information content (AvgIpc) is 2.79. The van der Waals surface area contributed by atoms with Crippen molar-refractivity contribution in [1.82, 2.24) is 0 Å². The first-order chi connectivity index (χ1) is 15.5. The minimum Gasteiger partial charge on any atom is -0.174 e.